The number of likely N-dealkylation sites (tertiary alicyclic amines) is 2. The summed E-state index contributed by atoms with van der Waals surface area (Å²) >= 11 is 0. The number of piperidine rings is 1. The summed E-state index contributed by atoms with van der Waals surface area (Å²) in [5, 5.41) is 1.92. The minimum absolute atomic E-state index is 0.0306. The molecule has 2 aliphatic heterocycles. The fourth-order valence-electron chi connectivity index (χ4n) is 4.23. The highest BCUT2D eigenvalue weighted by Crippen LogP contribution is 2.22. The number of para-hydroxylation sites is 1. The third-order valence-electron chi connectivity index (χ3n) is 6.01. The van der Waals surface area contributed by atoms with Crippen LogP contribution in [0.5, 0.6) is 0 Å². The van der Waals surface area contributed by atoms with E-state index in [0.717, 1.165) is 37.2 Å². The van der Waals surface area contributed by atoms with Crippen molar-refractivity contribution in [2.45, 2.75) is 32.2 Å². The van der Waals surface area contributed by atoms with Crippen LogP contribution in [0.2, 0.25) is 0 Å². The van der Waals surface area contributed by atoms with Crippen LogP contribution < -0.4 is 10.4 Å². The number of hydrogen-bond acceptors (Lipinski definition) is 3. The summed E-state index contributed by atoms with van der Waals surface area (Å²) in [4.78, 5) is 29.5. The van der Waals surface area contributed by atoms with Crippen molar-refractivity contribution in [1.82, 2.24) is 15.2 Å². The lowest BCUT2D eigenvalue weighted by molar-refractivity contribution is -0.126. The molecule has 0 radical (unpaired) electrons. The van der Waals surface area contributed by atoms with Gasteiger partial charge in [0.15, 0.2) is 0 Å². The van der Waals surface area contributed by atoms with Gasteiger partial charge in [0.2, 0.25) is 5.91 Å². The lowest BCUT2D eigenvalue weighted by atomic mass is 9.96. The first-order valence-electron chi connectivity index (χ1n) is 10.9. The Balaban J connectivity index is 1.36. The van der Waals surface area contributed by atoms with Gasteiger partial charge in [0.1, 0.15) is 0 Å². The van der Waals surface area contributed by atoms with Gasteiger partial charge < -0.3 is 9.80 Å². The largest absolute Gasteiger partial charge is 0.325 e. The van der Waals surface area contributed by atoms with Crippen molar-refractivity contribution in [3.63, 3.8) is 0 Å². The molecule has 158 valence electrons. The van der Waals surface area contributed by atoms with Gasteiger partial charge in [-0.2, -0.15) is 0 Å². The average molecular weight is 407 g/mol. The van der Waals surface area contributed by atoms with E-state index in [1.807, 2.05) is 63.3 Å². The van der Waals surface area contributed by atoms with Gasteiger partial charge in [-0.1, -0.05) is 48.5 Å². The maximum absolute atomic E-state index is 13.0. The molecule has 0 aromatic heterocycles. The Kier molecular flexibility index (Phi) is 6.52. The van der Waals surface area contributed by atoms with Crippen LogP contribution in [0.15, 0.2) is 60.7 Å². The minimum Gasteiger partial charge on any atom is -0.325 e. The van der Waals surface area contributed by atoms with Crippen LogP contribution in [0, 0.1) is 5.92 Å². The number of nitrogens with zero attached hydrogens (tertiary/aromatic N) is 3. The highest BCUT2D eigenvalue weighted by molar-refractivity contribution is 5.81. The molecule has 0 spiro atoms. The van der Waals surface area contributed by atoms with Gasteiger partial charge in [-0.3, -0.25) is 15.2 Å². The molecule has 0 saturated carbocycles. The van der Waals surface area contributed by atoms with Gasteiger partial charge in [-0.25, -0.2) is 4.79 Å². The predicted molar refractivity (Wildman–Crippen MR) is 118 cm³/mol. The van der Waals surface area contributed by atoms with Crippen LogP contribution in [-0.2, 0) is 11.3 Å². The lowest BCUT2D eigenvalue weighted by Crippen LogP contribution is -2.50. The third-order valence-corrected chi connectivity index (χ3v) is 6.01. The molecule has 2 fully saturated rings. The van der Waals surface area contributed by atoms with Crippen molar-refractivity contribution in [3.8, 4) is 0 Å². The number of amides is 3. The van der Waals surface area contributed by atoms with E-state index in [2.05, 4.69) is 17.6 Å². The molecule has 1 N–H and O–H groups in total. The van der Waals surface area contributed by atoms with Gasteiger partial charge >= 0.3 is 6.03 Å². The summed E-state index contributed by atoms with van der Waals surface area (Å²) in [6.07, 6.45) is 3.61. The highest BCUT2D eigenvalue weighted by atomic mass is 16.2. The Bertz CT molecular complexity index is 829. The van der Waals surface area contributed by atoms with Crippen molar-refractivity contribution in [2.75, 3.05) is 31.2 Å². The van der Waals surface area contributed by atoms with E-state index < -0.39 is 0 Å². The maximum Gasteiger partial charge on any atom is 0.319 e. The molecule has 2 heterocycles. The van der Waals surface area contributed by atoms with Crippen LogP contribution in [0.25, 0.3) is 0 Å². The zero-order chi connectivity index (χ0) is 20.8. The molecule has 0 unspecified atom stereocenters. The summed E-state index contributed by atoms with van der Waals surface area (Å²) in [6.45, 7) is 3.63. The molecule has 30 heavy (non-hydrogen) atoms. The van der Waals surface area contributed by atoms with Crippen molar-refractivity contribution in [1.29, 1.82) is 0 Å². The van der Waals surface area contributed by atoms with Crippen LogP contribution >= 0.6 is 0 Å². The van der Waals surface area contributed by atoms with Crippen molar-refractivity contribution < 1.29 is 9.59 Å². The number of rotatable bonds is 5. The molecule has 2 aromatic rings. The number of carbonyl (C=O) groups excluding carboxylic acids is 2. The number of carbonyl (C=O) groups is 2. The first-order chi connectivity index (χ1) is 14.7. The van der Waals surface area contributed by atoms with Crippen LogP contribution in [0.4, 0.5) is 10.5 Å². The second kappa shape index (κ2) is 9.65. The Morgan fingerprint density at radius 3 is 2.03 bits per heavy atom. The van der Waals surface area contributed by atoms with Gasteiger partial charge in [0, 0.05) is 32.1 Å². The monoisotopic (exact) mass is 406 g/mol. The number of anilines is 1. The second-order valence-corrected chi connectivity index (χ2v) is 8.12. The first kappa shape index (κ1) is 20.3. The Labute approximate surface area is 178 Å². The van der Waals surface area contributed by atoms with E-state index in [1.54, 1.807) is 0 Å². The van der Waals surface area contributed by atoms with E-state index in [-0.39, 0.29) is 17.9 Å². The van der Waals surface area contributed by atoms with E-state index >= 15 is 0 Å². The highest BCUT2D eigenvalue weighted by Gasteiger charge is 2.31. The van der Waals surface area contributed by atoms with Crippen LogP contribution in [-0.4, -0.2) is 47.9 Å². The van der Waals surface area contributed by atoms with E-state index in [0.29, 0.717) is 32.5 Å². The molecule has 2 aromatic carbocycles. The minimum atomic E-state index is -0.0744. The number of nitrogens with one attached hydrogen (secondary N) is 1. The van der Waals surface area contributed by atoms with E-state index in [1.165, 1.54) is 0 Å². The van der Waals surface area contributed by atoms with Gasteiger partial charge in [0.05, 0.1) is 12.2 Å². The zero-order valence-electron chi connectivity index (χ0n) is 17.4. The first-order valence-corrected chi connectivity index (χ1v) is 10.9. The molecule has 2 aliphatic rings. The van der Waals surface area contributed by atoms with Gasteiger partial charge in [-0.15, -0.1) is 0 Å². The molecule has 4 rings (SSSR count). The quantitative estimate of drug-likeness (QED) is 0.771. The Morgan fingerprint density at radius 2 is 1.40 bits per heavy atom. The molecule has 2 saturated heterocycles. The fourth-order valence-corrected chi connectivity index (χ4v) is 4.23. The van der Waals surface area contributed by atoms with Crippen molar-refractivity contribution >= 4 is 17.6 Å². The number of hydrogen-bond donors (Lipinski definition) is 1. The van der Waals surface area contributed by atoms with Gasteiger partial charge in [-0.05, 0) is 43.4 Å². The van der Waals surface area contributed by atoms with Crippen molar-refractivity contribution in [2.24, 2.45) is 5.92 Å². The average Bonchev–Trinajstić information content (AvgIpc) is 3.34. The maximum atomic E-state index is 13.0. The number of benzene rings is 2. The fraction of sp³-hybridized carbons (Fsp3) is 0.417. The molecule has 0 atom stereocenters. The summed E-state index contributed by atoms with van der Waals surface area (Å²) < 4.78 is 0. The second-order valence-electron chi connectivity index (χ2n) is 8.12. The normalized spacial score (nSPS) is 17.1. The number of urea groups is 1. The topological polar surface area (TPSA) is 55.9 Å². The standard InChI is InChI=1S/C24H30N4O2/c29-23(21-13-17-27(18-14-21)24(30)26-15-7-8-16-26)25-28(22-11-5-2-6-12-22)19-20-9-3-1-4-10-20/h1-6,9-12,21H,7-8,13-19H2,(H,25,29). The molecular weight excluding hydrogens is 376 g/mol. The van der Waals surface area contributed by atoms with Crippen LogP contribution in [0.1, 0.15) is 31.2 Å². The van der Waals surface area contributed by atoms with E-state index in [4.69, 9.17) is 0 Å². The number of hydrazine groups is 1. The summed E-state index contributed by atoms with van der Waals surface area (Å²) in [5.41, 5.74) is 5.22. The summed E-state index contributed by atoms with van der Waals surface area (Å²) in [6, 6.07) is 20.2. The molecule has 6 heteroatoms. The molecule has 3 amide bonds. The van der Waals surface area contributed by atoms with Gasteiger partial charge in [0.25, 0.3) is 0 Å². The van der Waals surface area contributed by atoms with Crippen molar-refractivity contribution in [3.05, 3.63) is 66.2 Å². The van der Waals surface area contributed by atoms with E-state index in [9.17, 15) is 9.59 Å². The lowest BCUT2D eigenvalue weighted by Gasteiger charge is -2.35. The summed E-state index contributed by atoms with van der Waals surface area (Å²) in [5.74, 6) is -0.0438. The molecule has 0 aliphatic carbocycles. The smallest absolute Gasteiger partial charge is 0.319 e. The predicted octanol–water partition coefficient (Wildman–Crippen LogP) is 3.65. The Morgan fingerprint density at radius 1 is 0.833 bits per heavy atom. The van der Waals surface area contributed by atoms with Crippen LogP contribution in [0.3, 0.4) is 0 Å². The third kappa shape index (κ3) is 4.93. The molecule has 0 bridgehead atoms. The summed E-state index contributed by atoms with van der Waals surface area (Å²) in [7, 11) is 0. The molecular formula is C24H30N4O2. The molecule has 6 nitrogen and oxygen atoms in total. The Hall–Kier alpha value is -3.02. The zero-order valence-corrected chi connectivity index (χ0v) is 17.4. The SMILES string of the molecule is O=C(NN(Cc1ccccc1)c1ccccc1)C1CCN(C(=O)N2CCCC2)CC1.